The predicted octanol–water partition coefficient (Wildman–Crippen LogP) is 1.88. The van der Waals surface area contributed by atoms with E-state index >= 15 is 0 Å². The number of aromatic nitrogens is 2. The van der Waals surface area contributed by atoms with Crippen LogP contribution in [-0.4, -0.2) is 24.5 Å². The molecule has 2 N–H and O–H groups in total. The fourth-order valence-electron chi connectivity index (χ4n) is 1.57. The number of nitrogens with zero attached hydrogens (tertiary/aromatic N) is 2. The third-order valence-corrected chi connectivity index (χ3v) is 3.69. The van der Waals surface area contributed by atoms with Crippen molar-refractivity contribution < 1.29 is 21.6 Å². The summed E-state index contributed by atoms with van der Waals surface area (Å²) in [5, 5.41) is 3.57. The van der Waals surface area contributed by atoms with E-state index in [1.54, 1.807) is 0 Å². The average molecular weight is 305 g/mol. The van der Waals surface area contributed by atoms with E-state index in [2.05, 4.69) is 5.10 Å². The molecule has 0 saturated heterocycles. The molecule has 0 aliphatic carbocycles. The highest BCUT2D eigenvalue weighted by Crippen LogP contribution is 2.30. The Kier molecular flexibility index (Phi) is 3.24. The highest BCUT2D eigenvalue weighted by molar-refractivity contribution is 7.90. The van der Waals surface area contributed by atoms with Gasteiger partial charge >= 0.3 is 6.18 Å². The summed E-state index contributed by atoms with van der Waals surface area (Å²) in [7, 11) is -3.43. The summed E-state index contributed by atoms with van der Waals surface area (Å²) in [4.78, 5) is -0.0121. The van der Waals surface area contributed by atoms with Crippen LogP contribution in [0.15, 0.2) is 35.5 Å². The standard InChI is InChI=1S/C11H10F3N3O2S/c1-20(18,19)8-2-3-10(9(15)4-8)17-6-7(5-16-17)11(12,13)14/h2-6H,15H2,1H3. The number of sulfone groups is 1. The van der Waals surface area contributed by atoms with Gasteiger partial charge in [-0.2, -0.15) is 18.3 Å². The van der Waals surface area contributed by atoms with E-state index in [1.165, 1.54) is 18.2 Å². The highest BCUT2D eigenvalue weighted by Gasteiger charge is 2.32. The molecule has 0 radical (unpaired) electrons. The Bertz CT molecular complexity index is 751. The van der Waals surface area contributed by atoms with E-state index in [1.807, 2.05) is 0 Å². The van der Waals surface area contributed by atoms with Crippen LogP contribution in [-0.2, 0) is 16.0 Å². The van der Waals surface area contributed by atoms with E-state index in [4.69, 9.17) is 5.73 Å². The van der Waals surface area contributed by atoms with Crippen LogP contribution < -0.4 is 5.73 Å². The molecule has 0 bridgehead atoms. The maximum atomic E-state index is 12.5. The minimum atomic E-state index is -4.50. The molecule has 20 heavy (non-hydrogen) atoms. The van der Waals surface area contributed by atoms with Crippen LogP contribution in [0.1, 0.15) is 5.56 Å². The van der Waals surface area contributed by atoms with Crippen molar-refractivity contribution in [3.63, 3.8) is 0 Å². The SMILES string of the molecule is CS(=O)(=O)c1ccc(-n2cc(C(F)(F)F)cn2)c(N)c1. The lowest BCUT2D eigenvalue weighted by molar-refractivity contribution is -0.137. The molecule has 1 aromatic carbocycles. The molecule has 0 unspecified atom stereocenters. The first-order valence-electron chi connectivity index (χ1n) is 5.31. The van der Waals surface area contributed by atoms with Gasteiger partial charge in [0.25, 0.3) is 0 Å². The molecule has 9 heteroatoms. The molecular formula is C11H10F3N3O2S. The fraction of sp³-hybridized carbons (Fsp3) is 0.182. The topological polar surface area (TPSA) is 78.0 Å². The third kappa shape index (κ3) is 2.77. The van der Waals surface area contributed by atoms with Gasteiger partial charge in [-0.25, -0.2) is 13.1 Å². The summed E-state index contributed by atoms with van der Waals surface area (Å²) in [6.07, 6.45) is -2.04. The van der Waals surface area contributed by atoms with E-state index < -0.39 is 21.6 Å². The number of hydrogen-bond acceptors (Lipinski definition) is 4. The number of alkyl halides is 3. The van der Waals surface area contributed by atoms with E-state index in [0.717, 1.165) is 17.1 Å². The zero-order valence-electron chi connectivity index (χ0n) is 10.2. The number of anilines is 1. The van der Waals surface area contributed by atoms with Crippen molar-refractivity contribution in [2.75, 3.05) is 12.0 Å². The average Bonchev–Trinajstić information content (AvgIpc) is 2.76. The molecule has 2 rings (SSSR count). The second-order valence-corrected chi connectivity index (χ2v) is 6.18. The van der Waals surface area contributed by atoms with Crippen molar-refractivity contribution >= 4 is 15.5 Å². The molecule has 0 spiro atoms. The van der Waals surface area contributed by atoms with E-state index in [9.17, 15) is 21.6 Å². The van der Waals surface area contributed by atoms with E-state index in [-0.39, 0.29) is 16.3 Å². The van der Waals surface area contributed by atoms with Crippen LogP contribution in [0.4, 0.5) is 18.9 Å². The van der Waals surface area contributed by atoms with Crippen molar-refractivity contribution in [3.05, 3.63) is 36.2 Å². The summed E-state index contributed by atoms with van der Waals surface area (Å²) >= 11 is 0. The third-order valence-electron chi connectivity index (χ3n) is 2.58. The molecule has 0 saturated carbocycles. The van der Waals surface area contributed by atoms with Gasteiger partial charge in [-0.1, -0.05) is 0 Å². The minimum absolute atomic E-state index is 0.0121. The molecule has 1 aromatic heterocycles. The van der Waals surface area contributed by atoms with Gasteiger partial charge in [0.05, 0.1) is 28.0 Å². The summed E-state index contributed by atoms with van der Waals surface area (Å²) in [5.41, 5.74) is 4.94. The fourth-order valence-corrected chi connectivity index (χ4v) is 2.23. The molecule has 5 nitrogen and oxygen atoms in total. The largest absolute Gasteiger partial charge is 0.419 e. The van der Waals surface area contributed by atoms with Crippen LogP contribution >= 0.6 is 0 Å². The van der Waals surface area contributed by atoms with Crippen molar-refractivity contribution in [3.8, 4) is 5.69 Å². The second kappa shape index (κ2) is 4.51. The Hall–Kier alpha value is -2.03. The first kappa shape index (κ1) is 14.4. The number of rotatable bonds is 2. The van der Waals surface area contributed by atoms with Gasteiger partial charge in [-0.15, -0.1) is 0 Å². The molecule has 0 aliphatic heterocycles. The number of benzene rings is 1. The summed E-state index contributed by atoms with van der Waals surface area (Å²) in [6.45, 7) is 0. The molecular weight excluding hydrogens is 295 g/mol. The first-order valence-corrected chi connectivity index (χ1v) is 7.20. The second-order valence-electron chi connectivity index (χ2n) is 4.16. The molecule has 0 aliphatic rings. The van der Waals surface area contributed by atoms with Crippen LogP contribution in [0.5, 0.6) is 0 Å². The lowest BCUT2D eigenvalue weighted by atomic mass is 10.2. The van der Waals surface area contributed by atoms with Crippen molar-refractivity contribution in [1.82, 2.24) is 9.78 Å². The summed E-state index contributed by atoms with van der Waals surface area (Å²) < 4.78 is 61.1. The number of nitrogens with two attached hydrogens (primary N) is 1. The molecule has 0 amide bonds. The lowest BCUT2D eigenvalue weighted by Crippen LogP contribution is -2.05. The molecule has 2 aromatic rings. The van der Waals surface area contributed by atoms with Crippen LogP contribution in [0, 0.1) is 0 Å². The normalized spacial score (nSPS) is 12.6. The number of nitrogen functional groups attached to an aromatic ring is 1. The van der Waals surface area contributed by atoms with Crippen molar-refractivity contribution in [2.24, 2.45) is 0 Å². The smallest absolute Gasteiger partial charge is 0.397 e. The summed E-state index contributed by atoms with van der Waals surface area (Å²) in [6, 6.07) is 3.74. The maximum Gasteiger partial charge on any atom is 0.419 e. The van der Waals surface area contributed by atoms with E-state index in [0.29, 0.717) is 6.20 Å². The lowest BCUT2D eigenvalue weighted by Gasteiger charge is -2.07. The van der Waals surface area contributed by atoms with Gasteiger partial charge in [0.2, 0.25) is 0 Å². The Balaban J connectivity index is 2.47. The highest BCUT2D eigenvalue weighted by atomic mass is 32.2. The van der Waals surface area contributed by atoms with Crippen LogP contribution in [0.25, 0.3) is 5.69 Å². The Morgan fingerprint density at radius 2 is 1.95 bits per heavy atom. The quantitative estimate of drug-likeness (QED) is 0.859. The van der Waals surface area contributed by atoms with Gasteiger partial charge in [-0.3, -0.25) is 0 Å². The minimum Gasteiger partial charge on any atom is -0.397 e. The van der Waals surface area contributed by atoms with Gasteiger partial charge in [-0.05, 0) is 18.2 Å². The van der Waals surface area contributed by atoms with Gasteiger partial charge in [0.15, 0.2) is 9.84 Å². The van der Waals surface area contributed by atoms with Gasteiger partial charge in [0, 0.05) is 12.5 Å². The van der Waals surface area contributed by atoms with Crippen molar-refractivity contribution in [1.29, 1.82) is 0 Å². The summed E-state index contributed by atoms with van der Waals surface area (Å²) in [5.74, 6) is 0. The monoisotopic (exact) mass is 305 g/mol. The Morgan fingerprint density at radius 1 is 1.30 bits per heavy atom. The zero-order valence-corrected chi connectivity index (χ0v) is 11.0. The van der Waals surface area contributed by atoms with Crippen LogP contribution in [0.2, 0.25) is 0 Å². The molecule has 1 heterocycles. The van der Waals surface area contributed by atoms with Crippen molar-refractivity contribution in [2.45, 2.75) is 11.1 Å². The first-order chi connectivity index (χ1) is 9.09. The number of hydrogen-bond donors (Lipinski definition) is 1. The Morgan fingerprint density at radius 3 is 2.40 bits per heavy atom. The molecule has 108 valence electrons. The molecule has 0 fully saturated rings. The van der Waals surface area contributed by atoms with Gasteiger partial charge in [0.1, 0.15) is 0 Å². The Labute approximate surface area is 112 Å². The predicted molar refractivity (Wildman–Crippen MR) is 66.1 cm³/mol. The van der Waals surface area contributed by atoms with Gasteiger partial charge < -0.3 is 5.73 Å². The maximum absolute atomic E-state index is 12.5. The van der Waals surface area contributed by atoms with Crippen LogP contribution in [0.3, 0.4) is 0 Å². The molecule has 0 atom stereocenters. The number of halogens is 3. The zero-order chi connectivity index (χ0) is 15.1.